The molecule has 0 aromatic carbocycles. The molecule has 0 bridgehead atoms. The molecule has 66 valence electrons. The van der Waals surface area contributed by atoms with Gasteiger partial charge in [0.25, 0.3) is 0 Å². The van der Waals surface area contributed by atoms with Crippen LogP contribution >= 0.6 is 35.1 Å². The standard InChI is InChI=1S/C7H9ClN2S2/c1-11-6-4-7(10-5-9-6)12-3-2-8/h4-5H,2-3H2,1H3. The number of aromatic nitrogens is 2. The quantitative estimate of drug-likeness (QED) is 0.443. The average Bonchev–Trinajstić information content (AvgIpc) is 2.15. The zero-order chi connectivity index (χ0) is 8.81. The van der Waals surface area contributed by atoms with Gasteiger partial charge in [-0.15, -0.1) is 35.1 Å². The van der Waals surface area contributed by atoms with Crippen LogP contribution in [0.25, 0.3) is 0 Å². The zero-order valence-corrected chi connectivity index (χ0v) is 9.05. The van der Waals surface area contributed by atoms with Gasteiger partial charge >= 0.3 is 0 Å². The Bertz CT molecular complexity index is 245. The van der Waals surface area contributed by atoms with Crippen molar-refractivity contribution < 1.29 is 0 Å². The Kier molecular flexibility index (Phi) is 4.80. The van der Waals surface area contributed by atoms with Gasteiger partial charge in [0.2, 0.25) is 0 Å². The molecule has 1 aromatic heterocycles. The number of halogens is 1. The van der Waals surface area contributed by atoms with Crippen molar-refractivity contribution in [3.8, 4) is 0 Å². The molecule has 0 spiro atoms. The minimum atomic E-state index is 0.656. The second kappa shape index (κ2) is 5.67. The summed E-state index contributed by atoms with van der Waals surface area (Å²) in [6.45, 7) is 0. The van der Waals surface area contributed by atoms with Gasteiger partial charge in [0.05, 0.1) is 0 Å². The summed E-state index contributed by atoms with van der Waals surface area (Å²) in [7, 11) is 0. The molecule has 0 saturated heterocycles. The highest BCUT2D eigenvalue weighted by atomic mass is 35.5. The molecule has 0 radical (unpaired) electrons. The number of nitrogens with zero attached hydrogens (tertiary/aromatic N) is 2. The monoisotopic (exact) mass is 220 g/mol. The summed E-state index contributed by atoms with van der Waals surface area (Å²) in [6.07, 6.45) is 3.58. The second-order valence-corrected chi connectivity index (χ2v) is 4.26. The average molecular weight is 221 g/mol. The molecule has 0 aliphatic rings. The van der Waals surface area contributed by atoms with Crippen molar-refractivity contribution in [2.75, 3.05) is 17.9 Å². The molecular formula is C7H9ClN2S2. The molecule has 2 nitrogen and oxygen atoms in total. The maximum absolute atomic E-state index is 5.56. The van der Waals surface area contributed by atoms with Gasteiger partial charge in [0, 0.05) is 17.7 Å². The first kappa shape index (κ1) is 10.2. The normalized spacial score (nSPS) is 10.2. The fourth-order valence-corrected chi connectivity index (χ4v) is 1.95. The van der Waals surface area contributed by atoms with E-state index in [1.807, 2.05) is 12.3 Å². The van der Waals surface area contributed by atoms with Gasteiger partial charge < -0.3 is 0 Å². The Hall–Kier alpha value is 0.0700. The fraction of sp³-hybridized carbons (Fsp3) is 0.429. The molecule has 1 aromatic rings. The van der Waals surface area contributed by atoms with Crippen molar-refractivity contribution in [1.82, 2.24) is 9.97 Å². The molecule has 0 atom stereocenters. The van der Waals surface area contributed by atoms with Gasteiger partial charge in [-0.05, 0) is 6.26 Å². The third kappa shape index (κ3) is 3.21. The highest BCUT2D eigenvalue weighted by Gasteiger charge is 1.97. The van der Waals surface area contributed by atoms with E-state index in [9.17, 15) is 0 Å². The maximum atomic E-state index is 5.56. The molecular weight excluding hydrogens is 212 g/mol. The molecule has 5 heteroatoms. The SMILES string of the molecule is CSc1cc(SCCCl)ncn1. The van der Waals surface area contributed by atoms with Crippen molar-refractivity contribution in [2.45, 2.75) is 10.1 Å². The molecule has 0 aliphatic heterocycles. The van der Waals surface area contributed by atoms with E-state index in [-0.39, 0.29) is 0 Å². The molecule has 0 fully saturated rings. The van der Waals surface area contributed by atoms with Crippen LogP contribution in [0.3, 0.4) is 0 Å². The topological polar surface area (TPSA) is 25.8 Å². The van der Waals surface area contributed by atoms with Crippen LogP contribution in [0.2, 0.25) is 0 Å². The van der Waals surface area contributed by atoms with E-state index < -0.39 is 0 Å². The predicted molar refractivity (Wildman–Crippen MR) is 55.3 cm³/mol. The summed E-state index contributed by atoms with van der Waals surface area (Å²) in [5, 5.41) is 2.00. The molecule has 1 rings (SSSR count). The summed E-state index contributed by atoms with van der Waals surface area (Å²) in [5.74, 6) is 1.55. The minimum absolute atomic E-state index is 0.656. The lowest BCUT2D eigenvalue weighted by atomic mass is 10.7. The fourth-order valence-electron chi connectivity index (χ4n) is 0.657. The molecule has 0 aliphatic carbocycles. The van der Waals surface area contributed by atoms with Crippen LogP contribution in [0.5, 0.6) is 0 Å². The van der Waals surface area contributed by atoms with Crippen LogP contribution in [0.15, 0.2) is 22.4 Å². The second-order valence-electron chi connectivity index (χ2n) is 1.94. The van der Waals surface area contributed by atoms with E-state index in [2.05, 4.69) is 9.97 Å². The van der Waals surface area contributed by atoms with Crippen molar-refractivity contribution in [3.63, 3.8) is 0 Å². The lowest BCUT2D eigenvalue weighted by Crippen LogP contribution is -1.86. The van der Waals surface area contributed by atoms with Crippen LogP contribution in [-0.2, 0) is 0 Å². The highest BCUT2D eigenvalue weighted by Crippen LogP contribution is 2.19. The first-order valence-corrected chi connectivity index (χ1v) is 6.16. The largest absolute Gasteiger partial charge is 0.230 e. The maximum Gasteiger partial charge on any atom is 0.117 e. The Morgan fingerprint density at radius 2 is 2.17 bits per heavy atom. The minimum Gasteiger partial charge on any atom is -0.230 e. The lowest BCUT2D eigenvalue weighted by molar-refractivity contribution is 0.965. The van der Waals surface area contributed by atoms with E-state index in [1.54, 1.807) is 29.9 Å². The number of alkyl halides is 1. The summed E-state index contributed by atoms with van der Waals surface area (Å²) in [6, 6.07) is 1.97. The van der Waals surface area contributed by atoms with Gasteiger partial charge in [-0.25, -0.2) is 9.97 Å². The molecule has 0 saturated carbocycles. The van der Waals surface area contributed by atoms with Gasteiger partial charge in [0.1, 0.15) is 16.4 Å². The Labute approximate surface area is 85.5 Å². The Balaban J connectivity index is 2.60. The van der Waals surface area contributed by atoms with Crippen LogP contribution < -0.4 is 0 Å². The highest BCUT2D eigenvalue weighted by molar-refractivity contribution is 7.99. The summed E-state index contributed by atoms with van der Waals surface area (Å²) in [4.78, 5) is 8.18. The number of hydrogen-bond donors (Lipinski definition) is 0. The van der Waals surface area contributed by atoms with Gasteiger partial charge in [0.15, 0.2) is 0 Å². The van der Waals surface area contributed by atoms with Gasteiger partial charge in [-0.1, -0.05) is 0 Å². The van der Waals surface area contributed by atoms with E-state index in [1.165, 1.54) is 0 Å². The van der Waals surface area contributed by atoms with E-state index in [0.717, 1.165) is 15.8 Å². The van der Waals surface area contributed by atoms with E-state index in [4.69, 9.17) is 11.6 Å². The summed E-state index contributed by atoms with van der Waals surface area (Å²) < 4.78 is 0. The summed E-state index contributed by atoms with van der Waals surface area (Å²) >= 11 is 8.83. The van der Waals surface area contributed by atoms with Gasteiger partial charge in [-0.3, -0.25) is 0 Å². The molecule has 1 heterocycles. The predicted octanol–water partition coefficient (Wildman–Crippen LogP) is 2.53. The third-order valence-corrected chi connectivity index (χ3v) is 3.14. The molecule has 0 unspecified atom stereocenters. The number of hydrogen-bond acceptors (Lipinski definition) is 4. The Morgan fingerprint density at radius 3 is 2.83 bits per heavy atom. The molecule has 0 amide bonds. The third-order valence-electron chi connectivity index (χ3n) is 1.15. The van der Waals surface area contributed by atoms with E-state index >= 15 is 0 Å². The molecule has 12 heavy (non-hydrogen) atoms. The molecule has 0 N–H and O–H groups in total. The van der Waals surface area contributed by atoms with Crippen molar-refractivity contribution in [1.29, 1.82) is 0 Å². The lowest BCUT2D eigenvalue weighted by Gasteiger charge is -1.98. The smallest absolute Gasteiger partial charge is 0.117 e. The van der Waals surface area contributed by atoms with Crippen molar-refractivity contribution >= 4 is 35.1 Å². The van der Waals surface area contributed by atoms with Crippen LogP contribution in [0.1, 0.15) is 0 Å². The Morgan fingerprint density at radius 1 is 1.42 bits per heavy atom. The van der Waals surface area contributed by atoms with Crippen molar-refractivity contribution in [2.24, 2.45) is 0 Å². The number of rotatable bonds is 4. The van der Waals surface area contributed by atoms with Crippen LogP contribution in [0.4, 0.5) is 0 Å². The summed E-state index contributed by atoms with van der Waals surface area (Å²) in [5.41, 5.74) is 0. The van der Waals surface area contributed by atoms with Crippen LogP contribution in [-0.4, -0.2) is 27.9 Å². The zero-order valence-electron chi connectivity index (χ0n) is 6.66. The van der Waals surface area contributed by atoms with E-state index in [0.29, 0.717) is 5.88 Å². The first-order chi connectivity index (χ1) is 5.86. The van der Waals surface area contributed by atoms with Gasteiger partial charge in [-0.2, -0.15) is 0 Å². The van der Waals surface area contributed by atoms with Crippen LogP contribution in [0, 0.1) is 0 Å². The number of thioether (sulfide) groups is 2. The van der Waals surface area contributed by atoms with Crippen molar-refractivity contribution in [3.05, 3.63) is 12.4 Å². The first-order valence-electron chi connectivity index (χ1n) is 3.41.